The first kappa shape index (κ1) is 34.7. The summed E-state index contributed by atoms with van der Waals surface area (Å²) in [4.78, 5) is 29.1. The van der Waals surface area contributed by atoms with Crippen molar-refractivity contribution in [1.82, 2.24) is 18.9 Å². The summed E-state index contributed by atoms with van der Waals surface area (Å²) in [6.07, 6.45) is 3.16. The lowest BCUT2D eigenvalue weighted by Crippen LogP contribution is -2.42. The van der Waals surface area contributed by atoms with Crippen molar-refractivity contribution in [2.75, 3.05) is 18.1 Å². The number of ether oxygens (including phenoxy) is 1. The van der Waals surface area contributed by atoms with Crippen molar-refractivity contribution < 1.29 is 19.4 Å². The van der Waals surface area contributed by atoms with Crippen LogP contribution in [-0.2, 0) is 20.0 Å². The Morgan fingerprint density at radius 3 is 2.39 bits per heavy atom. The van der Waals surface area contributed by atoms with E-state index in [0.29, 0.717) is 54.5 Å². The number of fused-ring (bicyclic) bond motifs is 4. The lowest BCUT2D eigenvalue weighted by atomic mass is 9.98. The molecule has 11 heteroatoms. The largest absolute Gasteiger partial charge is 0.494 e. The highest BCUT2D eigenvalue weighted by atomic mass is 35.5. The van der Waals surface area contributed by atoms with E-state index in [2.05, 4.69) is 11.5 Å². The Balaban J connectivity index is 1.39. The number of hydrogen-bond donors (Lipinski definition) is 1. The van der Waals surface area contributed by atoms with E-state index >= 15 is 4.79 Å². The van der Waals surface area contributed by atoms with E-state index in [4.69, 9.17) is 33.0 Å². The van der Waals surface area contributed by atoms with Gasteiger partial charge in [0.1, 0.15) is 11.4 Å². The van der Waals surface area contributed by atoms with Gasteiger partial charge in [0.05, 0.1) is 39.6 Å². The van der Waals surface area contributed by atoms with Crippen LogP contribution >= 0.6 is 23.2 Å². The summed E-state index contributed by atoms with van der Waals surface area (Å²) < 4.78 is 12.2. The van der Waals surface area contributed by atoms with Crippen LogP contribution in [0.5, 0.6) is 5.75 Å². The quantitative estimate of drug-likeness (QED) is 0.150. The van der Waals surface area contributed by atoms with Crippen LogP contribution in [0.25, 0.3) is 32.9 Å². The molecule has 4 heterocycles. The van der Waals surface area contributed by atoms with Gasteiger partial charge in [-0.15, -0.1) is 0 Å². The number of hydrogen-bond acceptors (Lipinski definition) is 4. The van der Waals surface area contributed by atoms with Gasteiger partial charge in [0, 0.05) is 65.0 Å². The number of carbonyl (C=O) groups is 2. The number of nitrogens with zero attached hydrogens (tertiary/aromatic N) is 5. The minimum atomic E-state index is -1.00. The summed E-state index contributed by atoms with van der Waals surface area (Å²) in [5.74, 6) is -0.377. The summed E-state index contributed by atoms with van der Waals surface area (Å²) in [6, 6.07) is 13.0. The molecule has 1 atom stereocenters. The molecule has 1 aliphatic rings. The number of carboxylic acid groups (broad SMARTS) is 1. The number of carbonyl (C=O) groups excluding carboxylic acids is 1. The van der Waals surface area contributed by atoms with Gasteiger partial charge >= 0.3 is 5.97 Å². The molecular formula is C40H41Cl2N5O4. The standard InChI is InChI=1S/C40H41Cl2N5O4/c1-8-45-20-32(29-11-9-12-30(36(29)45)40(49)50)46-19-23(4)47-37-28(14-15-31(41)34(37)33-24(5)43-44(7)25(33)6)27(38(47)39(46)48)13-10-16-51-26-17-21(2)35(42)22(3)18-26/h9,11-12,14-15,17-18,20,23H,8,10,13,16,19H2,1-7H3,(H,49,50). The van der Waals surface area contributed by atoms with Gasteiger partial charge in [-0.25, -0.2) is 4.79 Å². The molecule has 0 bridgehead atoms. The van der Waals surface area contributed by atoms with Crippen molar-refractivity contribution in [2.24, 2.45) is 7.05 Å². The van der Waals surface area contributed by atoms with Crippen LogP contribution in [0.2, 0.25) is 10.0 Å². The maximum absolute atomic E-state index is 15.0. The van der Waals surface area contributed by atoms with E-state index in [-0.39, 0.29) is 17.5 Å². The lowest BCUT2D eigenvalue weighted by molar-refractivity contribution is 0.0698. The normalized spacial score (nSPS) is 14.6. The highest BCUT2D eigenvalue weighted by Crippen LogP contribution is 2.46. The molecule has 1 amide bonds. The van der Waals surface area contributed by atoms with E-state index < -0.39 is 5.97 Å². The smallest absolute Gasteiger partial charge is 0.337 e. The molecule has 7 rings (SSSR count). The SMILES string of the molecule is CCn1cc(N2CC(C)n3c(c(CCCOc4cc(C)c(Cl)c(C)c4)c4ccc(Cl)c(-c5c(C)nn(C)c5C)c43)C2=O)c2cccc(C(=O)O)c21. The predicted molar refractivity (Wildman–Crippen MR) is 204 cm³/mol. The number of rotatable bonds is 9. The fourth-order valence-corrected chi connectivity index (χ4v) is 8.27. The Hall–Kier alpha value is -4.73. The van der Waals surface area contributed by atoms with E-state index in [9.17, 15) is 9.90 Å². The van der Waals surface area contributed by atoms with Crippen LogP contribution in [0, 0.1) is 27.7 Å². The van der Waals surface area contributed by atoms with Gasteiger partial charge < -0.3 is 23.9 Å². The van der Waals surface area contributed by atoms with Crippen molar-refractivity contribution in [1.29, 1.82) is 0 Å². The van der Waals surface area contributed by atoms with Gasteiger partial charge in [-0.2, -0.15) is 5.10 Å². The zero-order valence-corrected chi connectivity index (χ0v) is 31.4. The van der Waals surface area contributed by atoms with E-state index in [0.717, 1.165) is 66.3 Å². The predicted octanol–water partition coefficient (Wildman–Crippen LogP) is 9.49. The molecule has 0 aliphatic carbocycles. The Labute approximate surface area is 306 Å². The molecule has 0 fully saturated rings. The van der Waals surface area contributed by atoms with Crippen molar-refractivity contribution in [3.8, 4) is 16.9 Å². The number of para-hydroxylation sites is 1. The van der Waals surface area contributed by atoms with Crippen LogP contribution < -0.4 is 9.64 Å². The minimum Gasteiger partial charge on any atom is -0.494 e. The molecule has 6 aromatic rings. The van der Waals surface area contributed by atoms with Crippen LogP contribution in [0.1, 0.15) is 75.2 Å². The number of aromatic carboxylic acids is 1. The third-order valence-electron chi connectivity index (χ3n) is 10.3. The van der Waals surface area contributed by atoms with Gasteiger partial charge in [-0.1, -0.05) is 41.4 Å². The van der Waals surface area contributed by atoms with Crippen LogP contribution in [-0.4, -0.2) is 49.0 Å². The number of aromatic nitrogens is 4. The maximum atomic E-state index is 15.0. The van der Waals surface area contributed by atoms with E-state index in [1.165, 1.54) is 0 Å². The number of amides is 1. The van der Waals surface area contributed by atoms with Crippen molar-refractivity contribution >= 4 is 62.6 Å². The molecule has 9 nitrogen and oxygen atoms in total. The van der Waals surface area contributed by atoms with Crippen molar-refractivity contribution in [2.45, 2.75) is 67.0 Å². The Morgan fingerprint density at radius 2 is 1.75 bits per heavy atom. The fraction of sp³-hybridized carbons (Fsp3) is 0.325. The molecule has 0 spiro atoms. The molecule has 1 aliphatic heterocycles. The zero-order chi connectivity index (χ0) is 36.5. The number of carboxylic acids is 1. The lowest BCUT2D eigenvalue weighted by Gasteiger charge is -2.34. The minimum absolute atomic E-state index is 0.137. The number of halogens is 2. The Kier molecular flexibility index (Phi) is 8.92. The summed E-state index contributed by atoms with van der Waals surface area (Å²) in [5.41, 5.74) is 9.58. The van der Waals surface area contributed by atoms with Gasteiger partial charge in [-0.05, 0) is 95.3 Å². The topological polar surface area (TPSA) is 94.5 Å². The molecular weight excluding hydrogens is 685 g/mol. The number of benzene rings is 3. The second-order valence-electron chi connectivity index (χ2n) is 13.6. The van der Waals surface area contributed by atoms with Crippen LogP contribution in [0.15, 0.2) is 48.7 Å². The van der Waals surface area contributed by atoms with Crippen LogP contribution in [0.3, 0.4) is 0 Å². The van der Waals surface area contributed by atoms with Crippen molar-refractivity contribution in [3.05, 3.63) is 98.0 Å². The molecule has 1 unspecified atom stereocenters. The monoisotopic (exact) mass is 725 g/mol. The van der Waals surface area contributed by atoms with E-state index in [1.807, 2.05) is 92.3 Å². The summed E-state index contributed by atoms with van der Waals surface area (Å²) in [6.45, 7) is 13.5. The van der Waals surface area contributed by atoms with Crippen molar-refractivity contribution in [3.63, 3.8) is 0 Å². The number of anilines is 1. The fourth-order valence-electron chi connectivity index (χ4n) is 7.92. The van der Waals surface area contributed by atoms with Crippen LogP contribution in [0.4, 0.5) is 5.69 Å². The molecule has 0 radical (unpaired) electrons. The Bertz CT molecular complexity index is 2380. The molecule has 264 valence electrons. The average Bonchev–Trinajstić information content (AvgIpc) is 3.72. The maximum Gasteiger partial charge on any atom is 0.337 e. The first-order valence-electron chi connectivity index (χ1n) is 17.3. The molecule has 3 aromatic heterocycles. The summed E-state index contributed by atoms with van der Waals surface area (Å²) >= 11 is 13.5. The second-order valence-corrected chi connectivity index (χ2v) is 14.4. The second kappa shape index (κ2) is 13.1. The highest BCUT2D eigenvalue weighted by molar-refractivity contribution is 6.35. The summed E-state index contributed by atoms with van der Waals surface area (Å²) in [7, 11) is 1.93. The van der Waals surface area contributed by atoms with Gasteiger partial charge in [0.25, 0.3) is 5.91 Å². The molecule has 0 saturated carbocycles. The molecule has 1 N–H and O–H groups in total. The third kappa shape index (κ3) is 5.58. The first-order chi connectivity index (χ1) is 24.3. The zero-order valence-electron chi connectivity index (χ0n) is 29.9. The molecule has 0 saturated heterocycles. The molecule has 51 heavy (non-hydrogen) atoms. The average molecular weight is 727 g/mol. The number of aryl methyl sites for hydroxylation is 6. The third-order valence-corrected chi connectivity index (χ3v) is 11.2. The first-order valence-corrected chi connectivity index (χ1v) is 18.0. The van der Waals surface area contributed by atoms with Gasteiger partial charge in [0.15, 0.2) is 0 Å². The highest BCUT2D eigenvalue weighted by Gasteiger charge is 2.38. The van der Waals surface area contributed by atoms with Gasteiger partial charge in [0.2, 0.25) is 0 Å². The Morgan fingerprint density at radius 1 is 1.02 bits per heavy atom. The molecule has 3 aromatic carbocycles. The van der Waals surface area contributed by atoms with Gasteiger partial charge in [-0.3, -0.25) is 9.48 Å². The van der Waals surface area contributed by atoms with E-state index in [1.54, 1.807) is 12.1 Å². The summed E-state index contributed by atoms with van der Waals surface area (Å²) in [5, 5.41) is 17.8.